The average Bonchev–Trinajstić information content (AvgIpc) is 2.74. The Morgan fingerprint density at radius 2 is 2.05 bits per heavy atom. The van der Waals surface area contributed by atoms with Gasteiger partial charge in [-0.1, -0.05) is 11.8 Å². The fourth-order valence-electron chi connectivity index (χ4n) is 2.29. The second kappa shape index (κ2) is 4.74. The zero-order chi connectivity index (χ0) is 13.4. The number of amidine groups is 1. The molecule has 1 aromatic rings. The third-order valence-electron chi connectivity index (χ3n) is 3.21. The highest BCUT2D eigenvalue weighted by molar-refractivity contribution is 8.17. The maximum absolute atomic E-state index is 11.4. The minimum absolute atomic E-state index is 0.0254. The topological polar surface area (TPSA) is 41.9 Å². The Bertz CT molecular complexity index is 590. The number of rotatable bonds is 2. The molecular weight excluding hydrogens is 260 g/mol. The van der Waals surface area contributed by atoms with E-state index in [1.165, 1.54) is 4.91 Å². The van der Waals surface area contributed by atoms with Crippen molar-refractivity contribution in [3.05, 3.63) is 34.7 Å². The molecule has 2 heterocycles. The SMILES string of the molecule is COc1ccc(C2=C(C)SC3=NC(=O)CCN32)cc1. The van der Waals surface area contributed by atoms with Crippen molar-refractivity contribution in [2.45, 2.75) is 13.3 Å². The van der Waals surface area contributed by atoms with Crippen LogP contribution >= 0.6 is 11.8 Å². The highest BCUT2D eigenvalue weighted by atomic mass is 32.2. The number of methoxy groups -OCH3 is 1. The van der Waals surface area contributed by atoms with Crippen molar-refractivity contribution in [1.29, 1.82) is 0 Å². The molecule has 19 heavy (non-hydrogen) atoms. The Hall–Kier alpha value is -1.75. The third kappa shape index (κ3) is 2.14. The molecule has 2 aliphatic rings. The maximum atomic E-state index is 11.4. The van der Waals surface area contributed by atoms with Gasteiger partial charge in [-0.3, -0.25) is 4.79 Å². The van der Waals surface area contributed by atoms with E-state index < -0.39 is 0 Å². The highest BCUT2D eigenvalue weighted by Crippen LogP contribution is 2.41. The van der Waals surface area contributed by atoms with Gasteiger partial charge in [-0.2, -0.15) is 4.99 Å². The monoisotopic (exact) mass is 274 g/mol. The van der Waals surface area contributed by atoms with Crippen LogP contribution in [0.25, 0.3) is 5.70 Å². The lowest BCUT2D eigenvalue weighted by Gasteiger charge is -2.24. The summed E-state index contributed by atoms with van der Waals surface area (Å²) in [7, 11) is 1.66. The third-order valence-corrected chi connectivity index (χ3v) is 4.21. The van der Waals surface area contributed by atoms with Gasteiger partial charge in [-0.05, 0) is 36.8 Å². The number of thioether (sulfide) groups is 1. The van der Waals surface area contributed by atoms with Crippen LogP contribution in [-0.2, 0) is 4.79 Å². The first-order valence-electron chi connectivity index (χ1n) is 6.11. The molecule has 0 aromatic heterocycles. The van der Waals surface area contributed by atoms with E-state index >= 15 is 0 Å². The highest BCUT2D eigenvalue weighted by Gasteiger charge is 2.31. The lowest BCUT2D eigenvalue weighted by molar-refractivity contribution is -0.118. The Morgan fingerprint density at radius 1 is 1.32 bits per heavy atom. The molecule has 0 unspecified atom stereocenters. The summed E-state index contributed by atoms with van der Waals surface area (Å²) in [5, 5.41) is 0.805. The summed E-state index contributed by atoms with van der Waals surface area (Å²) >= 11 is 1.57. The van der Waals surface area contributed by atoms with Gasteiger partial charge in [-0.15, -0.1) is 0 Å². The predicted octanol–water partition coefficient (Wildman–Crippen LogP) is 2.72. The van der Waals surface area contributed by atoms with E-state index in [9.17, 15) is 4.79 Å². The maximum Gasteiger partial charge on any atom is 0.249 e. The van der Waals surface area contributed by atoms with Crippen molar-refractivity contribution >= 4 is 28.5 Å². The number of hydrogen-bond acceptors (Lipinski definition) is 4. The number of benzene rings is 1. The molecule has 0 fully saturated rings. The normalized spacial score (nSPS) is 18.5. The molecule has 5 heteroatoms. The molecule has 0 atom stereocenters. The van der Waals surface area contributed by atoms with Crippen molar-refractivity contribution in [3.8, 4) is 5.75 Å². The Kier molecular flexibility index (Phi) is 3.06. The number of allylic oxidation sites excluding steroid dienone is 1. The van der Waals surface area contributed by atoms with Crippen LogP contribution in [0, 0.1) is 0 Å². The lowest BCUT2D eigenvalue weighted by Crippen LogP contribution is -2.30. The van der Waals surface area contributed by atoms with E-state index in [0.717, 1.165) is 22.2 Å². The first-order valence-corrected chi connectivity index (χ1v) is 6.93. The number of carbonyl (C=O) groups is 1. The number of aliphatic imine (C=N–C) groups is 1. The Labute approximate surface area is 116 Å². The van der Waals surface area contributed by atoms with E-state index in [0.29, 0.717) is 13.0 Å². The van der Waals surface area contributed by atoms with Gasteiger partial charge < -0.3 is 9.64 Å². The van der Waals surface area contributed by atoms with Crippen LogP contribution in [0.1, 0.15) is 18.9 Å². The van der Waals surface area contributed by atoms with Crippen LogP contribution in [0.15, 0.2) is 34.2 Å². The molecule has 0 bridgehead atoms. The number of carbonyl (C=O) groups excluding carboxylic acids is 1. The smallest absolute Gasteiger partial charge is 0.249 e. The molecule has 0 N–H and O–H groups in total. The number of hydrogen-bond donors (Lipinski definition) is 0. The van der Waals surface area contributed by atoms with E-state index in [1.807, 2.05) is 24.3 Å². The summed E-state index contributed by atoms with van der Waals surface area (Å²) in [6, 6.07) is 7.98. The second-order valence-corrected chi connectivity index (χ2v) is 5.61. The average molecular weight is 274 g/mol. The van der Waals surface area contributed by atoms with Gasteiger partial charge in [0.25, 0.3) is 0 Å². The van der Waals surface area contributed by atoms with Gasteiger partial charge >= 0.3 is 0 Å². The van der Waals surface area contributed by atoms with Gasteiger partial charge in [0.15, 0.2) is 5.17 Å². The number of ether oxygens (including phenoxy) is 1. The van der Waals surface area contributed by atoms with E-state index in [2.05, 4.69) is 16.8 Å². The first kappa shape index (κ1) is 12.3. The molecule has 1 aromatic carbocycles. The Balaban J connectivity index is 1.97. The summed E-state index contributed by atoms with van der Waals surface area (Å²) in [5.74, 6) is 0.817. The van der Waals surface area contributed by atoms with Crippen molar-refractivity contribution in [3.63, 3.8) is 0 Å². The van der Waals surface area contributed by atoms with Gasteiger partial charge in [-0.25, -0.2) is 0 Å². The summed E-state index contributed by atoms with van der Waals surface area (Å²) in [5.41, 5.74) is 2.28. The fraction of sp³-hybridized carbons (Fsp3) is 0.286. The van der Waals surface area contributed by atoms with Crippen LogP contribution in [0.5, 0.6) is 5.75 Å². The van der Waals surface area contributed by atoms with Crippen LogP contribution in [0.2, 0.25) is 0 Å². The minimum Gasteiger partial charge on any atom is -0.497 e. The van der Waals surface area contributed by atoms with Gasteiger partial charge in [0.1, 0.15) is 5.75 Å². The molecule has 0 spiro atoms. The molecule has 0 saturated carbocycles. The standard InChI is InChI=1S/C14H14N2O2S/c1-9-13(10-3-5-11(18-2)6-4-10)16-8-7-12(17)15-14(16)19-9/h3-6H,7-8H2,1-2H3. The first-order chi connectivity index (χ1) is 9.19. The molecule has 2 aliphatic heterocycles. The molecule has 0 saturated heterocycles. The van der Waals surface area contributed by atoms with Crippen LogP contribution in [-0.4, -0.2) is 29.6 Å². The zero-order valence-electron chi connectivity index (χ0n) is 10.8. The molecule has 1 amide bonds. The van der Waals surface area contributed by atoms with Crippen LogP contribution in [0.4, 0.5) is 0 Å². The molecule has 0 radical (unpaired) electrons. The number of nitrogens with zero attached hydrogens (tertiary/aromatic N) is 2. The molecular formula is C14H14N2O2S. The lowest BCUT2D eigenvalue weighted by atomic mass is 10.1. The summed E-state index contributed by atoms with van der Waals surface area (Å²) in [4.78, 5) is 18.8. The quantitative estimate of drug-likeness (QED) is 0.831. The van der Waals surface area contributed by atoms with Crippen molar-refractivity contribution in [1.82, 2.24) is 4.90 Å². The predicted molar refractivity (Wildman–Crippen MR) is 76.9 cm³/mol. The minimum atomic E-state index is -0.0254. The van der Waals surface area contributed by atoms with Gasteiger partial charge in [0, 0.05) is 17.9 Å². The van der Waals surface area contributed by atoms with Gasteiger partial charge in [0.05, 0.1) is 12.8 Å². The molecule has 3 rings (SSSR count). The Morgan fingerprint density at radius 3 is 2.74 bits per heavy atom. The zero-order valence-corrected chi connectivity index (χ0v) is 11.7. The van der Waals surface area contributed by atoms with Crippen molar-refractivity contribution in [2.24, 2.45) is 4.99 Å². The number of fused-ring (bicyclic) bond motifs is 1. The summed E-state index contributed by atoms with van der Waals surface area (Å²) in [6.45, 7) is 2.78. The fourth-order valence-corrected chi connectivity index (χ4v) is 3.33. The van der Waals surface area contributed by atoms with Crippen LogP contribution in [0.3, 0.4) is 0 Å². The number of amides is 1. The van der Waals surface area contributed by atoms with Crippen molar-refractivity contribution < 1.29 is 9.53 Å². The van der Waals surface area contributed by atoms with Gasteiger partial charge in [0.2, 0.25) is 5.91 Å². The molecule has 0 aliphatic carbocycles. The molecule has 4 nitrogen and oxygen atoms in total. The van der Waals surface area contributed by atoms with Crippen molar-refractivity contribution in [2.75, 3.05) is 13.7 Å². The molecule has 98 valence electrons. The summed E-state index contributed by atoms with van der Waals surface area (Å²) < 4.78 is 5.18. The van der Waals surface area contributed by atoms with E-state index in [-0.39, 0.29) is 5.91 Å². The van der Waals surface area contributed by atoms with Crippen LogP contribution < -0.4 is 4.74 Å². The summed E-state index contributed by atoms with van der Waals surface area (Å²) in [6.07, 6.45) is 0.483. The van der Waals surface area contributed by atoms with E-state index in [4.69, 9.17) is 4.74 Å². The second-order valence-electron chi connectivity index (χ2n) is 4.43. The largest absolute Gasteiger partial charge is 0.497 e. The van der Waals surface area contributed by atoms with E-state index in [1.54, 1.807) is 18.9 Å².